The van der Waals surface area contributed by atoms with Crippen LogP contribution in [0.4, 0.5) is 0 Å². The third-order valence-corrected chi connectivity index (χ3v) is 9.45. The van der Waals surface area contributed by atoms with Crippen molar-refractivity contribution in [1.29, 1.82) is 0 Å². The van der Waals surface area contributed by atoms with E-state index in [0.29, 0.717) is 5.56 Å². The lowest BCUT2D eigenvalue weighted by molar-refractivity contribution is -0.166. The van der Waals surface area contributed by atoms with Gasteiger partial charge in [0.25, 0.3) is 0 Å². The van der Waals surface area contributed by atoms with E-state index in [9.17, 15) is 24.1 Å². The van der Waals surface area contributed by atoms with Gasteiger partial charge in [-0.25, -0.2) is 0 Å². The molecule has 10 heteroatoms. The molecule has 0 aliphatic rings. The maximum atomic E-state index is 14.7. The first-order chi connectivity index (χ1) is 19.9. The van der Waals surface area contributed by atoms with Gasteiger partial charge in [-0.1, -0.05) is 98.8 Å². The van der Waals surface area contributed by atoms with E-state index in [1.54, 1.807) is 44.2 Å². The number of amides is 1. The highest BCUT2D eigenvalue weighted by molar-refractivity contribution is 7.59. The predicted octanol–water partition coefficient (Wildman–Crippen LogP) is 5.60. The fourth-order valence-electron chi connectivity index (χ4n) is 4.41. The lowest BCUT2D eigenvalue weighted by Gasteiger charge is -2.32. The summed E-state index contributed by atoms with van der Waals surface area (Å²) in [6.45, 7) is 6.08. The standard InChI is InChI=1S/C32H39N2O7P/c1-21(2)32(40-23(4)35)41-42(39,29(33)27-13-9-6-10-14-27)20-28(30(36)34-22(3)31(37)38)19-24-15-17-26(18-16-24)25-11-7-5-8-12-25/h5-18,21-22,28-29,32H,19-20,33H2,1-4H3,(H,34,36)(H,37,38)/t22-,28?,29?,32?,42?/m0/s1. The van der Waals surface area contributed by atoms with E-state index >= 15 is 0 Å². The van der Waals surface area contributed by atoms with Gasteiger partial charge in [-0.2, -0.15) is 0 Å². The quantitative estimate of drug-likeness (QED) is 0.124. The summed E-state index contributed by atoms with van der Waals surface area (Å²) in [5, 5.41) is 11.9. The number of hydrogen-bond acceptors (Lipinski definition) is 7. The van der Waals surface area contributed by atoms with Crippen LogP contribution in [0.25, 0.3) is 11.1 Å². The molecule has 0 spiro atoms. The van der Waals surface area contributed by atoms with Crippen LogP contribution in [0, 0.1) is 11.8 Å². The second-order valence-corrected chi connectivity index (χ2v) is 13.2. The Morgan fingerprint density at radius 3 is 1.95 bits per heavy atom. The Bertz CT molecular complexity index is 1380. The molecule has 0 saturated carbocycles. The highest BCUT2D eigenvalue weighted by Crippen LogP contribution is 2.60. The van der Waals surface area contributed by atoms with E-state index in [1.807, 2.05) is 54.6 Å². The van der Waals surface area contributed by atoms with Gasteiger partial charge in [-0.15, -0.1) is 0 Å². The van der Waals surface area contributed by atoms with Crippen LogP contribution >= 0.6 is 7.37 Å². The average molecular weight is 595 g/mol. The molecule has 224 valence electrons. The van der Waals surface area contributed by atoms with Crippen LogP contribution in [0.1, 0.15) is 44.6 Å². The van der Waals surface area contributed by atoms with Gasteiger partial charge in [0.2, 0.25) is 19.6 Å². The number of rotatable bonds is 14. The molecule has 0 aliphatic carbocycles. The summed E-state index contributed by atoms with van der Waals surface area (Å²) < 4.78 is 26.1. The molecule has 3 aromatic carbocycles. The summed E-state index contributed by atoms with van der Waals surface area (Å²) in [5.74, 6) is -4.89. The third kappa shape index (κ3) is 9.11. The number of aliphatic carboxylic acids is 1. The molecule has 0 aliphatic heterocycles. The summed E-state index contributed by atoms with van der Waals surface area (Å²) in [5.41, 5.74) is 9.89. The van der Waals surface area contributed by atoms with Crippen LogP contribution in [0.15, 0.2) is 84.9 Å². The number of nitrogens with two attached hydrogens (primary N) is 1. The van der Waals surface area contributed by atoms with Gasteiger partial charge in [-0.05, 0) is 35.6 Å². The highest BCUT2D eigenvalue weighted by atomic mass is 31.2. The Labute approximate surface area is 246 Å². The van der Waals surface area contributed by atoms with Gasteiger partial charge in [0.1, 0.15) is 11.8 Å². The monoisotopic (exact) mass is 594 g/mol. The van der Waals surface area contributed by atoms with Gasteiger partial charge in [0.15, 0.2) is 0 Å². The van der Waals surface area contributed by atoms with Gasteiger partial charge in [0.05, 0.1) is 5.92 Å². The lowest BCUT2D eigenvalue weighted by Crippen LogP contribution is -2.43. The van der Waals surface area contributed by atoms with E-state index in [1.165, 1.54) is 13.8 Å². The molecule has 3 aromatic rings. The van der Waals surface area contributed by atoms with Crippen molar-refractivity contribution >= 4 is 25.2 Å². The minimum Gasteiger partial charge on any atom is -0.480 e. The van der Waals surface area contributed by atoms with Crippen molar-refractivity contribution in [2.24, 2.45) is 17.6 Å². The van der Waals surface area contributed by atoms with Crippen LogP contribution in [0.5, 0.6) is 0 Å². The van der Waals surface area contributed by atoms with E-state index in [0.717, 1.165) is 16.7 Å². The van der Waals surface area contributed by atoms with Crippen molar-refractivity contribution in [2.45, 2.75) is 52.2 Å². The molecule has 4 unspecified atom stereocenters. The van der Waals surface area contributed by atoms with Gasteiger partial charge in [0, 0.05) is 19.0 Å². The highest BCUT2D eigenvalue weighted by Gasteiger charge is 2.41. The fraction of sp³-hybridized carbons (Fsp3) is 0.344. The van der Waals surface area contributed by atoms with Crippen molar-refractivity contribution in [2.75, 3.05) is 6.16 Å². The van der Waals surface area contributed by atoms with Crippen molar-refractivity contribution in [1.82, 2.24) is 5.32 Å². The minimum atomic E-state index is -3.98. The van der Waals surface area contributed by atoms with Gasteiger partial charge < -0.3 is 20.9 Å². The Hall–Kier alpha value is -3.78. The van der Waals surface area contributed by atoms with E-state index in [4.69, 9.17) is 15.0 Å². The summed E-state index contributed by atoms with van der Waals surface area (Å²) in [4.78, 5) is 36.9. The molecule has 0 radical (unpaired) electrons. The molecule has 0 bridgehead atoms. The Balaban J connectivity index is 2.00. The van der Waals surface area contributed by atoms with E-state index in [-0.39, 0.29) is 18.5 Å². The Morgan fingerprint density at radius 1 is 0.881 bits per heavy atom. The normalized spacial score (nSPS) is 15.6. The molecule has 5 atom stereocenters. The molecule has 9 nitrogen and oxygen atoms in total. The van der Waals surface area contributed by atoms with Crippen molar-refractivity contribution in [3.63, 3.8) is 0 Å². The second-order valence-electron chi connectivity index (χ2n) is 10.6. The van der Waals surface area contributed by atoms with Crippen LogP contribution in [0.2, 0.25) is 0 Å². The zero-order chi connectivity index (χ0) is 30.9. The second kappa shape index (κ2) is 14.9. The number of esters is 1. The fourth-order valence-corrected chi connectivity index (χ4v) is 7.03. The maximum Gasteiger partial charge on any atom is 0.325 e. The largest absolute Gasteiger partial charge is 0.480 e. The number of carboxylic acid groups (broad SMARTS) is 1. The molecule has 0 saturated heterocycles. The van der Waals surface area contributed by atoms with Crippen LogP contribution < -0.4 is 11.1 Å². The van der Waals surface area contributed by atoms with Crippen molar-refractivity contribution in [3.05, 3.63) is 96.1 Å². The Morgan fingerprint density at radius 2 is 1.43 bits per heavy atom. The molecule has 42 heavy (non-hydrogen) atoms. The number of carbonyl (C=O) groups is 3. The van der Waals surface area contributed by atoms with Crippen LogP contribution in [-0.2, 0) is 34.6 Å². The molecular weight excluding hydrogens is 555 g/mol. The van der Waals surface area contributed by atoms with E-state index < -0.39 is 49.2 Å². The predicted molar refractivity (Wildman–Crippen MR) is 162 cm³/mol. The van der Waals surface area contributed by atoms with Crippen LogP contribution in [-0.4, -0.2) is 41.4 Å². The first-order valence-corrected chi connectivity index (χ1v) is 15.7. The average Bonchev–Trinajstić information content (AvgIpc) is 2.97. The lowest BCUT2D eigenvalue weighted by atomic mass is 9.97. The zero-order valence-corrected chi connectivity index (χ0v) is 25.2. The number of carboxylic acids is 1. The summed E-state index contributed by atoms with van der Waals surface area (Å²) in [6.07, 6.45) is -1.34. The third-order valence-electron chi connectivity index (χ3n) is 6.79. The number of nitrogens with one attached hydrogen (secondary N) is 1. The SMILES string of the molecule is CC(=O)OC(OP(=O)(CC(Cc1ccc(-c2ccccc2)cc1)C(=O)N[C@@H](C)C(=O)O)C(N)c1ccccc1)C(C)C. The smallest absolute Gasteiger partial charge is 0.325 e. The molecule has 0 heterocycles. The summed E-state index contributed by atoms with van der Waals surface area (Å²) in [7, 11) is -3.98. The van der Waals surface area contributed by atoms with Gasteiger partial charge in [-0.3, -0.25) is 23.5 Å². The topological polar surface area (TPSA) is 145 Å². The molecule has 0 aromatic heterocycles. The molecule has 3 rings (SSSR count). The first kappa shape index (κ1) is 32.7. The zero-order valence-electron chi connectivity index (χ0n) is 24.3. The first-order valence-electron chi connectivity index (χ1n) is 13.8. The summed E-state index contributed by atoms with van der Waals surface area (Å²) >= 11 is 0. The molecule has 4 N–H and O–H groups in total. The van der Waals surface area contributed by atoms with Crippen molar-refractivity contribution < 1.29 is 33.3 Å². The molecule has 1 amide bonds. The van der Waals surface area contributed by atoms with Crippen LogP contribution in [0.3, 0.4) is 0 Å². The number of hydrogen-bond donors (Lipinski definition) is 3. The van der Waals surface area contributed by atoms with E-state index in [2.05, 4.69) is 5.32 Å². The Kier molecular flexibility index (Phi) is 11.6. The van der Waals surface area contributed by atoms with Gasteiger partial charge >= 0.3 is 11.9 Å². The summed E-state index contributed by atoms with van der Waals surface area (Å²) in [6, 6.07) is 25.0. The maximum absolute atomic E-state index is 14.7. The number of carbonyl (C=O) groups excluding carboxylic acids is 2. The number of benzene rings is 3. The molecule has 0 fully saturated rings. The number of ether oxygens (including phenoxy) is 1. The van der Waals surface area contributed by atoms with Crippen molar-refractivity contribution in [3.8, 4) is 11.1 Å². The molecular formula is C32H39N2O7P. The minimum absolute atomic E-state index is 0.141.